The fourth-order valence-corrected chi connectivity index (χ4v) is 4.90. The third kappa shape index (κ3) is 5.57. The number of halogens is 1. The predicted molar refractivity (Wildman–Crippen MR) is 132 cm³/mol. The van der Waals surface area contributed by atoms with E-state index in [-0.39, 0.29) is 30.9 Å². The van der Waals surface area contributed by atoms with Crippen molar-refractivity contribution in [2.45, 2.75) is 57.8 Å². The molecule has 1 aliphatic heterocycles. The van der Waals surface area contributed by atoms with Crippen LogP contribution in [0.4, 0.5) is 0 Å². The Bertz CT molecular complexity index is 1110. The molecule has 4 rings (SSSR count). The van der Waals surface area contributed by atoms with Gasteiger partial charge in [0.25, 0.3) is 0 Å². The number of benzene rings is 3. The molecule has 1 saturated heterocycles. The minimum atomic E-state index is -0.303. The summed E-state index contributed by atoms with van der Waals surface area (Å²) in [5.41, 5.74) is 4.73. The molecule has 5 heteroatoms. The van der Waals surface area contributed by atoms with Gasteiger partial charge in [-0.2, -0.15) is 0 Å². The van der Waals surface area contributed by atoms with Crippen molar-refractivity contribution in [2.75, 3.05) is 13.7 Å². The summed E-state index contributed by atoms with van der Waals surface area (Å²) in [6.45, 7) is 3.81. The van der Waals surface area contributed by atoms with Crippen LogP contribution in [0, 0.1) is 0 Å². The van der Waals surface area contributed by atoms with E-state index in [1.54, 1.807) is 7.11 Å². The van der Waals surface area contributed by atoms with E-state index >= 15 is 0 Å². The van der Waals surface area contributed by atoms with E-state index in [2.05, 4.69) is 49.4 Å². The SMILES string of the molecule is CCc1ccc(Cc2cc(C3CC(OC)CC(COC(C)=O)O3)c3ccccc3c2Cl)cc1. The number of rotatable bonds is 7. The first-order chi connectivity index (χ1) is 16.0. The Labute approximate surface area is 200 Å². The maximum atomic E-state index is 11.3. The number of carbonyl (C=O) groups excluding carboxylic acids is 1. The molecule has 3 aromatic carbocycles. The molecule has 1 fully saturated rings. The van der Waals surface area contributed by atoms with E-state index in [4.69, 9.17) is 25.8 Å². The summed E-state index contributed by atoms with van der Waals surface area (Å²) in [5.74, 6) is -0.303. The minimum Gasteiger partial charge on any atom is -0.463 e. The van der Waals surface area contributed by atoms with Crippen molar-refractivity contribution in [3.8, 4) is 0 Å². The summed E-state index contributed by atoms with van der Waals surface area (Å²) in [4.78, 5) is 11.3. The number of methoxy groups -OCH3 is 1. The van der Waals surface area contributed by atoms with Crippen LogP contribution >= 0.6 is 11.6 Å². The van der Waals surface area contributed by atoms with Crippen LogP contribution in [0.5, 0.6) is 0 Å². The molecular formula is C28H31ClO4. The summed E-state index contributed by atoms with van der Waals surface area (Å²) in [6.07, 6.45) is 2.85. The Hall–Kier alpha value is -2.40. The van der Waals surface area contributed by atoms with Crippen molar-refractivity contribution >= 4 is 28.3 Å². The molecule has 3 atom stereocenters. The van der Waals surface area contributed by atoms with Crippen molar-refractivity contribution in [3.05, 3.63) is 81.9 Å². The molecule has 0 aromatic heterocycles. The highest BCUT2D eigenvalue weighted by atomic mass is 35.5. The van der Waals surface area contributed by atoms with Crippen molar-refractivity contribution in [3.63, 3.8) is 0 Å². The van der Waals surface area contributed by atoms with Gasteiger partial charge in [0.05, 0.1) is 23.3 Å². The molecule has 0 amide bonds. The molecule has 3 unspecified atom stereocenters. The van der Waals surface area contributed by atoms with Gasteiger partial charge in [0.1, 0.15) is 6.61 Å². The van der Waals surface area contributed by atoms with Crippen molar-refractivity contribution in [1.82, 2.24) is 0 Å². The zero-order valence-electron chi connectivity index (χ0n) is 19.5. The molecule has 0 aliphatic carbocycles. The molecule has 0 spiro atoms. The number of carbonyl (C=O) groups is 1. The maximum Gasteiger partial charge on any atom is 0.302 e. The van der Waals surface area contributed by atoms with E-state index in [1.807, 2.05) is 12.1 Å². The van der Waals surface area contributed by atoms with Crippen LogP contribution in [0.15, 0.2) is 54.6 Å². The van der Waals surface area contributed by atoms with Gasteiger partial charge < -0.3 is 14.2 Å². The third-order valence-electron chi connectivity index (χ3n) is 6.42. The van der Waals surface area contributed by atoms with Crippen LogP contribution in [0.3, 0.4) is 0 Å². The second-order valence-corrected chi connectivity index (χ2v) is 9.09. The molecule has 3 aromatic rings. The highest BCUT2D eigenvalue weighted by Gasteiger charge is 2.32. The van der Waals surface area contributed by atoms with Gasteiger partial charge in [-0.25, -0.2) is 0 Å². The lowest BCUT2D eigenvalue weighted by Gasteiger charge is -2.35. The van der Waals surface area contributed by atoms with Crippen LogP contribution in [-0.4, -0.2) is 31.9 Å². The maximum absolute atomic E-state index is 11.3. The van der Waals surface area contributed by atoms with Crippen LogP contribution < -0.4 is 0 Å². The summed E-state index contributed by atoms with van der Waals surface area (Å²) in [7, 11) is 1.72. The Morgan fingerprint density at radius 1 is 1.06 bits per heavy atom. The van der Waals surface area contributed by atoms with Gasteiger partial charge in [-0.05, 0) is 40.5 Å². The largest absolute Gasteiger partial charge is 0.463 e. The zero-order valence-corrected chi connectivity index (χ0v) is 20.2. The molecule has 33 heavy (non-hydrogen) atoms. The summed E-state index contributed by atoms with van der Waals surface area (Å²) >= 11 is 6.91. The van der Waals surface area contributed by atoms with Crippen LogP contribution in [0.1, 0.15) is 55.0 Å². The quantitative estimate of drug-likeness (QED) is 0.375. The van der Waals surface area contributed by atoms with E-state index in [9.17, 15) is 4.79 Å². The van der Waals surface area contributed by atoms with Gasteiger partial charge in [0, 0.05) is 32.3 Å². The smallest absolute Gasteiger partial charge is 0.302 e. The van der Waals surface area contributed by atoms with E-state index in [0.29, 0.717) is 6.42 Å². The number of fused-ring (bicyclic) bond motifs is 1. The number of hydrogen-bond donors (Lipinski definition) is 0. The van der Waals surface area contributed by atoms with Crippen molar-refractivity contribution in [1.29, 1.82) is 0 Å². The first-order valence-corrected chi connectivity index (χ1v) is 12.0. The van der Waals surface area contributed by atoms with Crippen molar-refractivity contribution in [2.24, 2.45) is 0 Å². The first-order valence-electron chi connectivity index (χ1n) is 11.6. The Kier molecular flexibility index (Phi) is 7.69. The first kappa shape index (κ1) is 23.7. The average Bonchev–Trinajstić information content (AvgIpc) is 2.84. The molecule has 0 radical (unpaired) electrons. The van der Waals surface area contributed by atoms with Crippen LogP contribution in [0.2, 0.25) is 5.02 Å². The van der Waals surface area contributed by atoms with E-state index in [1.165, 1.54) is 18.1 Å². The molecule has 4 nitrogen and oxygen atoms in total. The number of hydrogen-bond acceptors (Lipinski definition) is 4. The molecule has 1 aliphatic rings. The number of aryl methyl sites for hydroxylation is 1. The Balaban J connectivity index is 1.71. The standard InChI is InChI=1S/C28H31ClO4/c1-4-19-9-11-20(12-10-19)13-21-14-26(24-7-5-6-8-25(24)28(21)29)27-16-22(31-3)15-23(33-27)17-32-18(2)30/h5-12,14,22-23,27H,4,13,15-17H2,1-3H3. The molecule has 1 heterocycles. The molecule has 0 saturated carbocycles. The number of esters is 1. The van der Waals surface area contributed by atoms with Gasteiger partial charge in [0.2, 0.25) is 0 Å². The zero-order chi connectivity index (χ0) is 23.4. The molecule has 0 N–H and O–H groups in total. The van der Waals surface area contributed by atoms with Gasteiger partial charge in [0.15, 0.2) is 0 Å². The lowest BCUT2D eigenvalue weighted by molar-refractivity contribution is -0.157. The average molecular weight is 467 g/mol. The predicted octanol–water partition coefficient (Wildman–Crippen LogP) is 6.44. The number of ether oxygens (including phenoxy) is 3. The topological polar surface area (TPSA) is 44.8 Å². The lowest BCUT2D eigenvalue weighted by atomic mass is 9.89. The van der Waals surface area contributed by atoms with Gasteiger partial charge in [-0.3, -0.25) is 4.79 Å². The van der Waals surface area contributed by atoms with Crippen LogP contribution in [0.25, 0.3) is 10.8 Å². The molecule has 0 bridgehead atoms. The Morgan fingerprint density at radius 2 is 1.76 bits per heavy atom. The van der Waals surface area contributed by atoms with E-state index in [0.717, 1.165) is 46.2 Å². The highest BCUT2D eigenvalue weighted by molar-refractivity contribution is 6.36. The van der Waals surface area contributed by atoms with Crippen LogP contribution in [-0.2, 0) is 31.8 Å². The summed E-state index contributed by atoms with van der Waals surface area (Å²) < 4.78 is 17.4. The van der Waals surface area contributed by atoms with Gasteiger partial charge in [-0.15, -0.1) is 0 Å². The summed E-state index contributed by atoms with van der Waals surface area (Å²) in [6, 6.07) is 19.1. The fraction of sp³-hybridized carbons (Fsp3) is 0.393. The monoisotopic (exact) mass is 466 g/mol. The summed E-state index contributed by atoms with van der Waals surface area (Å²) in [5, 5.41) is 2.89. The second kappa shape index (κ2) is 10.7. The van der Waals surface area contributed by atoms with E-state index < -0.39 is 0 Å². The van der Waals surface area contributed by atoms with Gasteiger partial charge in [-0.1, -0.05) is 73.1 Å². The molecular weight excluding hydrogens is 436 g/mol. The van der Waals surface area contributed by atoms with Crippen molar-refractivity contribution < 1.29 is 19.0 Å². The second-order valence-electron chi connectivity index (χ2n) is 8.71. The third-order valence-corrected chi connectivity index (χ3v) is 6.87. The highest BCUT2D eigenvalue weighted by Crippen LogP contribution is 2.40. The Morgan fingerprint density at radius 3 is 2.42 bits per heavy atom. The normalized spacial score (nSPS) is 20.7. The molecule has 174 valence electrons. The lowest BCUT2D eigenvalue weighted by Crippen LogP contribution is -2.35. The fourth-order valence-electron chi connectivity index (χ4n) is 4.62. The van der Waals surface area contributed by atoms with Gasteiger partial charge >= 0.3 is 5.97 Å². The minimum absolute atomic E-state index is 0.0313.